The Kier molecular flexibility index (Phi) is 5.78. The van der Waals surface area contributed by atoms with E-state index in [-0.39, 0.29) is 24.0 Å². The van der Waals surface area contributed by atoms with Gasteiger partial charge in [0, 0.05) is 31.0 Å². The minimum absolute atomic E-state index is 0.0639. The number of ether oxygens (including phenoxy) is 1. The lowest BCUT2D eigenvalue weighted by Crippen LogP contribution is -2.40. The second-order valence-corrected chi connectivity index (χ2v) is 7.76. The van der Waals surface area contributed by atoms with Crippen LogP contribution in [0.4, 0.5) is 0 Å². The number of pyridine rings is 1. The van der Waals surface area contributed by atoms with Crippen LogP contribution in [0.5, 0.6) is 0 Å². The van der Waals surface area contributed by atoms with Gasteiger partial charge < -0.3 is 19.8 Å². The lowest BCUT2D eigenvalue weighted by molar-refractivity contribution is -0.121. The third-order valence-electron chi connectivity index (χ3n) is 4.68. The van der Waals surface area contributed by atoms with Gasteiger partial charge in [-0.2, -0.15) is 0 Å². The Bertz CT molecular complexity index is 861. The summed E-state index contributed by atoms with van der Waals surface area (Å²) in [7, 11) is 0. The molecule has 0 aromatic carbocycles. The van der Waals surface area contributed by atoms with Crippen LogP contribution in [0.25, 0.3) is 5.70 Å². The van der Waals surface area contributed by atoms with Crippen LogP contribution >= 0.6 is 11.8 Å². The molecular formula is C20H21N3O4S. The van der Waals surface area contributed by atoms with Crippen LogP contribution in [-0.4, -0.2) is 35.4 Å². The Hall–Kier alpha value is -2.58. The lowest BCUT2D eigenvalue weighted by atomic mass is 9.94. The molecule has 8 heteroatoms. The van der Waals surface area contributed by atoms with Crippen LogP contribution in [0.1, 0.15) is 24.3 Å². The molecule has 2 aliphatic heterocycles. The fraction of sp³-hybridized carbons (Fsp3) is 0.350. The van der Waals surface area contributed by atoms with E-state index in [1.807, 2.05) is 12.1 Å². The molecule has 0 saturated carbocycles. The molecule has 2 aromatic heterocycles. The lowest BCUT2D eigenvalue weighted by Gasteiger charge is -2.21. The number of furan rings is 1. The van der Waals surface area contributed by atoms with Gasteiger partial charge in [-0.05, 0) is 37.1 Å². The van der Waals surface area contributed by atoms with E-state index in [1.165, 1.54) is 11.8 Å². The van der Waals surface area contributed by atoms with Gasteiger partial charge in [-0.15, -0.1) is 0 Å². The van der Waals surface area contributed by atoms with Crippen molar-refractivity contribution in [2.45, 2.75) is 24.8 Å². The van der Waals surface area contributed by atoms with Gasteiger partial charge in [0.05, 0.1) is 23.3 Å². The van der Waals surface area contributed by atoms with Gasteiger partial charge in [0.2, 0.25) is 5.91 Å². The zero-order chi connectivity index (χ0) is 19.3. The second kappa shape index (κ2) is 8.62. The van der Waals surface area contributed by atoms with Crippen molar-refractivity contribution in [2.75, 3.05) is 13.2 Å². The van der Waals surface area contributed by atoms with Gasteiger partial charge in [-0.25, -0.2) is 0 Å². The molecular weight excluding hydrogens is 378 g/mol. The standard InChI is InChI=1S/C20H21N3O4S/c24-16(12-14-4-1-2-8-21-14)22-20-23-17(15-5-3-9-27-15)19(28-20)18(25)13-6-10-26-11-7-13/h1-5,8-9,13,20,23H,6-7,10-12H2,(H,22,24). The molecule has 1 fully saturated rings. The van der Waals surface area contributed by atoms with E-state index in [2.05, 4.69) is 15.6 Å². The number of aromatic nitrogens is 1. The molecule has 0 radical (unpaired) electrons. The highest BCUT2D eigenvalue weighted by atomic mass is 32.2. The first-order valence-corrected chi connectivity index (χ1v) is 10.1. The maximum absolute atomic E-state index is 13.1. The van der Waals surface area contributed by atoms with Gasteiger partial charge in [-0.1, -0.05) is 17.8 Å². The number of hydrogen-bond donors (Lipinski definition) is 2. The molecule has 4 rings (SSSR count). The number of nitrogens with one attached hydrogen (secondary N) is 2. The van der Waals surface area contributed by atoms with E-state index in [9.17, 15) is 9.59 Å². The van der Waals surface area contributed by atoms with E-state index in [0.29, 0.717) is 48.1 Å². The highest BCUT2D eigenvalue weighted by molar-refractivity contribution is 8.05. The molecule has 7 nitrogen and oxygen atoms in total. The van der Waals surface area contributed by atoms with Crippen molar-refractivity contribution in [1.82, 2.24) is 15.6 Å². The molecule has 0 spiro atoms. The van der Waals surface area contributed by atoms with Gasteiger partial charge >= 0.3 is 0 Å². The molecule has 2 aliphatic rings. The molecule has 28 heavy (non-hydrogen) atoms. The molecule has 1 amide bonds. The Labute approximate surface area is 166 Å². The van der Waals surface area contributed by atoms with Crippen LogP contribution < -0.4 is 10.6 Å². The van der Waals surface area contributed by atoms with E-state index >= 15 is 0 Å². The fourth-order valence-corrected chi connectivity index (χ4v) is 4.43. The Morgan fingerprint density at radius 3 is 2.79 bits per heavy atom. The summed E-state index contributed by atoms with van der Waals surface area (Å²) in [6, 6.07) is 9.04. The molecule has 4 heterocycles. The smallest absolute Gasteiger partial charge is 0.228 e. The van der Waals surface area contributed by atoms with E-state index in [0.717, 1.165) is 0 Å². The van der Waals surface area contributed by atoms with Crippen LogP contribution in [0.15, 0.2) is 52.1 Å². The quantitative estimate of drug-likeness (QED) is 0.770. The fourth-order valence-electron chi connectivity index (χ4n) is 3.26. The minimum Gasteiger partial charge on any atom is -0.463 e. The third kappa shape index (κ3) is 4.28. The normalized spacial score (nSPS) is 20.1. The summed E-state index contributed by atoms with van der Waals surface area (Å²) in [5.41, 5.74) is 0.894. The average Bonchev–Trinajstić information content (AvgIpc) is 3.38. The Morgan fingerprint density at radius 2 is 2.07 bits per heavy atom. The van der Waals surface area contributed by atoms with E-state index < -0.39 is 5.50 Å². The molecule has 1 atom stereocenters. The highest BCUT2D eigenvalue weighted by Crippen LogP contribution is 2.38. The largest absolute Gasteiger partial charge is 0.463 e. The summed E-state index contributed by atoms with van der Waals surface area (Å²) < 4.78 is 10.9. The van der Waals surface area contributed by atoms with Crippen LogP contribution in [-0.2, 0) is 20.7 Å². The number of thioether (sulfide) groups is 1. The van der Waals surface area contributed by atoms with Crippen molar-refractivity contribution >= 4 is 29.1 Å². The molecule has 1 unspecified atom stereocenters. The monoisotopic (exact) mass is 399 g/mol. The Morgan fingerprint density at radius 1 is 1.21 bits per heavy atom. The summed E-state index contributed by atoms with van der Waals surface area (Å²) in [4.78, 5) is 30.3. The number of carbonyl (C=O) groups excluding carboxylic acids is 2. The van der Waals surface area contributed by atoms with Crippen molar-refractivity contribution in [3.05, 3.63) is 59.2 Å². The first-order valence-electron chi connectivity index (χ1n) is 9.23. The van der Waals surface area contributed by atoms with Crippen molar-refractivity contribution < 1.29 is 18.7 Å². The van der Waals surface area contributed by atoms with E-state index in [1.54, 1.807) is 30.7 Å². The number of nitrogens with zero attached hydrogens (tertiary/aromatic N) is 1. The minimum atomic E-state index is -0.435. The predicted molar refractivity (Wildman–Crippen MR) is 105 cm³/mol. The number of amides is 1. The number of carbonyl (C=O) groups is 2. The maximum atomic E-state index is 13.1. The zero-order valence-corrected chi connectivity index (χ0v) is 16.0. The summed E-state index contributed by atoms with van der Waals surface area (Å²) in [5, 5.41) is 6.14. The van der Waals surface area contributed by atoms with Crippen molar-refractivity contribution in [2.24, 2.45) is 5.92 Å². The molecule has 0 aliphatic carbocycles. The zero-order valence-electron chi connectivity index (χ0n) is 15.2. The molecule has 2 N–H and O–H groups in total. The van der Waals surface area contributed by atoms with Gasteiger partial charge in [0.1, 0.15) is 0 Å². The summed E-state index contributed by atoms with van der Waals surface area (Å²) in [6.07, 6.45) is 4.83. The van der Waals surface area contributed by atoms with E-state index in [4.69, 9.17) is 9.15 Å². The first kappa shape index (κ1) is 18.8. The second-order valence-electron chi connectivity index (χ2n) is 6.64. The maximum Gasteiger partial charge on any atom is 0.228 e. The van der Waals surface area contributed by atoms with Gasteiger partial charge in [0.15, 0.2) is 17.0 Å². The van der Waals surface area contributed by atoms with Crippen LogP contribution in [0.2, 0.25) is 0 Å². The SMILES string of the molecule is O=C(Cc1ccccn1)NC1NC(c2ccco2)=C(C(=O)C2CCOCC2)S1. The van der Waals surface area contributed by atoms with Gasteiger partial charge in [0.25, 0.3) is 0 Å². The first-order chi connectivity index (χ1) is 13.7. The number of hydrogen-bond acceptors (Lipinski definition) is 7. The van der Waals surface area contributed by atoms with Crippen molar-refractivity contribution in [3.63, 3.8) is 0 Å². The summed E-state index contributed by atoms with van der Waals surface area (Å²) in [5.74, 6) is 0.436. The third-order valence-corrected chi connectivity index (χ3v) is 5.79. The van der Waals surface area contributed by atoms with Crippen molar-refractivity contribution in [3.8, 4) is 0 Å². The highest BCUT2D eigenvalue weighted by Gasteiger charge is 2.35. The topological polar surface area (TPSA) is 93.5 Å². The summed E-state index contributed by atoms with van der Waals surface area (Å²) >= 11 is 1.32. The summed E-state index contributed by atoms with van der Waals surface area (Å²) in [6.45, 7) is 1.20. The number of Topliss-reactive ketones (excluding diaryl/α,β-unsaturated/α-hetero) is 1. The van der Waals surface area contributed by atoms with Crippen LogP contribution in [0, 0.1) is 5.92 Å². The Balaban J connectivity index is 1.46. The predicted octanol–water partition coefficient (Wildman–Crippen LogP) is 2.32. The molecule has 2 aromatic rings. The molecule has 1 saturated heterocycles. The number of rotatable bonds is 6. The molecule has 0 bridgehead atoms. The average molecular weight is 399 g/mol. The number of allylic oxidation sites excluding steroid dienone is 1. The van der Waals surface area contributed by atoms with Gasteiger partial charge in [-0.3, -0.25) is 14.6 Å². The molecule has 146 valence electrons. The van der Waals surface area contributed by atoms with Crippen molar-refractivity contribution in [1.29, 1.82) is 0 Å². The number of ketones is 1. The van der Waals surface area contributed by atoms with Crippen LogP contribution in [0.3, 0.4) is 0 Å².